The SMILES string of the molecule is COC(=O)CC(C)NC(C)Cc1ccc(C)s1. The van der Waals surface area contributed by atoms with Crippen LogP contribution in [0.15, 0.2) is 12.1 Å². The molecule has 3 nitrogen and oxygen atoms in total. The number of hydrogen-bond acceptors (Lipinski definition) is 4. The minimum Gasteiger partial charge on any atom is -0.469 e. The monoisotopic (exact) mass is 255 g/mol. The van der Waals surface area contributed by atoms with Gasteiger partial charge < -0.3 is 10.1 Å². The Labute approximate surface area is 107 Å². The number of esters is 1. The highest BCUT2D eigenvalue weighted by Crippen LogP contribution is 2.16. The highest BCUT2D eigenvalue weighted by molar-refractivity contribution is 7.11. The number of thiophene rings is 1. The summed E-state index contributed by atoms with van der Waals surface area (Å²) < 4.78 is 4.65. The number of hydrogen-bond donors (Lipinski definition) is 1. The zero-order chi connectivity index (χ0) is 12.8. The maximum atomic E-state index is 11.1. The van der Waals surface area contributed by atoms with Crippen LogP contribution >= 0.6 is 11.3 Å². The van der Waals surface area contributed by atoms with Crippen molar-refractivity contribution < 1.29 is 9.53 Å². The fourth-order valence-corrected chi connectivity index (χ4v) is 2.85. The van der Waals surface area contributed by atoms with Crippen LogP contribution in [0.2, 0.25) is 0 Å². The fourth-order valence-electron chi connectivity index (χ4n) is 1.83. The van der Waals surface area contributed by atoms with Crippen molar-refractivity contribution >= 4 is 17.3 Å². The van der Waals surface area contributed by atoms with E-state index >= 15 is 0 Å². The van der Waals surface area contributed by atoms with E-state index in [1.54, 1.807) is 0 Å². The highest BCUT2D eigenvalue weighted by atomic mass is 32.1. The van der Waals surface area contributed by atoms with Crippen molar-refractivity contribution in [2.75, 3.05) is 7.11 Å². The van der Waals surface area contributed by atoms with Gasteiger partial charge in [-0.1, -0.05) is 0 Å². The number of rotatable bonds is 6. The Morgan fingerprint density at radius 3 is 2.65 bits per heavy atom. The van der Waals surface area contributed by atoms with E-state index in [1.165, 1.54) is 16.9 Å². The minimum atomic E-state index is -0.163. The summed E-state index contributed by atoms with van der Waals surface area (Å²) in [5, 5.41) is 3.41. The van der Waals surface area contributed by atoms with Crippen LogP contribution in [0.3, 0.4) is 0 Å². The van der Waals surface area contributed by atoms with E-state index in [4.69, 9.17) is 0 Å². The normalized spacial score (nSPS) is 14.4. The summed E-state index contributed by atoms with van der Waals surface area (Å²) >= 11 is 1.83. The molecule has 0 amide bonds. The van der Waals surface area contributed by atoms with Crippen molar-refractivity contribution in [1.82, 2.24) is 5.32 Å². The van der Waals surface area contributed by atoms with Crippen molar-refractivity contribution in [3.8, 4) is 0 Å². The second-order valence-electron chi connectivity index (χ2n) is 4.47. The number of methoxy groups -OCH3 is 1. The predicted molar refractivity (Wildman–Crippen MR) is 71.5 cm³/mol. The molecule has 0 aliphatic rings. The molecule has 0 saturated heterocycles. The smallest absolute Gasteiger partial charge is 0.307 e. The van der Waals surface area contributed by atoms with Crippen molar-refractivity contribution in [2.45, 2.75) is 45.7 Å². The molecule has 1 N–H and O–H groups in total. The first kappa shape index (κ1) is 14.2. The number of nitrogens with one attached hydrogen (secondary N) is 1. The van der Waals surface area contributed by atoms with Gasteiger partial charge in [0.15, 0.2) is 0 Å². The Bertz CT molecular complexity index is 362. The maximum Gasteiger partial charge on any atom is 0.307 e. The summed E-state index contributed by atoms with van der Waals surface area (Å²) in [6.45, 7) is 6.27. The number of carbonyl (C=O) groups is 1. The van der Waals surface area contributed by atoms with Gasteiger partial charge in [-0.05, 0) is 39.3 Å². The molecule has 0 aliphatic carbocycles. The van der Waals surface area contributed by atoms with Crippen LogP contribution in [0.5, 0.6) is 0 Å². The Hall–Kier alpha value is -0.870. The molecular weight excluding hydrogens is 234 g/mol. The zero-order valence-electron chi connectivity index (χ0n) is 10.9. The number of aryl methyl sites for hydroxylation is 1. The van der Waals surface area contributed by atoms with Crippen LogP contribution in [0, 0.1) is 6.92 Å². The summed E-state index contributed by atoms with van der Waals surface area (Å²) in [5.74, 6) is -0.163. The fraction of sp³-hybridized carbons (Fsp3) is 0.615. The summed E-state index contributed by atoms with van der Waals surface area (Å²) in [5.41, 5.74) is 0. The van der Waals surface area contributed by atoms with Gasteiger partial charge in [0, 0.05) is 21.8 Å². The highest BCUT2D eigenvalue weighted by Gasteiger charge is 2.12. The first-order chi connectivity index (χ1) is 8.01. The van der Waals surface area contributed by atoms with E-state index in [9.17, 15) is 4.79 Å². The molecule has 96 valence electrons. The summed E-state index contributed by atoms with van der Waals surface area (Å²) in [6, 6.07) is 4.83. The van der Waals surface area contributed by atoms with Crippen LogP contribution in [-0.4, -0.2) is 25.2 Å². The zero-order valence-corrected chi connectivity index (χ0v) is 11.8. The second-order valence-corrected chi connectivity index (χ2v) is 5.84. The standard InChI is InChI=1S/C13H21NO2S/c1-9(7-12-6-5-11(3)17-12)14-10(2)8-13(15)16-4/h5-6,9-10,14H,7-8H2,1-4H3. The third-order valence-electron chi connectivity index (χ3n) is 2.57. The molecule has 1 aromatic heterocycles. The lowest BCUT2D eigenvalue weighted by molar-refractivity contribution is -0.141. The Balaban J connectivity index is 2.33. The van der Waals surface area contributed by atoms with Gasteiger partial charge in [0.2, 0.25) is 0 Å². The van der Waals surface area contributed by atoms with Crippen molar-refractivity contribution in [3.05, 3.63) is 21.9 Å². The minimum absolute atomic E-state index is 0.151. The molecule has 2 atom stereocenters. The molecule has 2 unspecified atom stereocenters. The lowest BCUT2D eigenvalue weighted by atomic mass is 10.1. The van der Waals surface area contributed by atoms with Crippen LogP contribution in [-0.2, 0) is 16.0 Å². The van der Waals surface area contributed by atoms with Crippen LogP contribution in [0.4, 0.5) is 0 Å². The van der Waals surface area contributed by atoms with Gasteiger partial charge >= 0.3 is 5.97 Å². The Morgan fingerprint density at radius 1 is 1.41 bits per heavy atom. The molecular formula is C13H21NO2S. The Morgan fingerprint density at radius 2 is 2.12 bits per heavy atom. The van der Waals surface area contributed by atoms with Gasteiger partial charge in [0.05, 0.1) is 13.5 Å². The average Bonchev–Trinajstić information content (AvgIpc) is 2.63. The molecule has 1 heterocycles. The molecule has 0 bridgehead atoms. The Kier molecular flexibility index (Phi) is 5.65. The molecule has 0 saturated carbocycles. The van der Waals surface area contributed by atoms with E-state index in [0.29, 0.717) is 12.5 Å². The average molecular weight is 255 g/mol. The van der Waals surface area contributed by atoms with Gasteiger partial charge in [0.25, 0.3) is 0 Å². The van der Waals surface area contributed by atoms with Crippen molar-refractivity contribution in [2.24, 2.45) is 0 Å². The van der Waals surface area contributed by atoms with Gasteiger partial charge in [0.1, 0.15) is 0 Å². The van der Waals surface area contributed by atoms with E-state index in [-0.39, 0.29) is 12.0 Å². The van der Waals surface area contributed by atoms with E-state index in [0.717, 1.165) is 6.42 Å². The van der Waals surface area contributed by atoms with E-state index < -0.39 is 0 Å². The summed E-state index contributed by atoms with van der Waals surface area (Å²) in [7, 11) is 1.42. The molecule has 1 rings (SSSR count). The molecule has 0 radical (unpaired) electrons. The molecule has 0 spiro atoms. The van der Waals surface area contributed by atoms with Crippen LogP contribution < -0.4 is 5.32 Å². The summed E-state index contributed by atoms with van der Waals surface area (Å²) in [4.78, 5) is 13.8. The lowest BCUT2D eigenvalue weighted by Gasteiger charge is -2.18. The molecule has 0 aliphatic heterocycles. The van der Waals surface area contributed by atoms with E-state index in [2.05, 4.69) is 36.0 Å². The van der Waals surface area contributed by atoms with E-state index in [1.807, 2.05) is 18.3 Å². The maximum absolute atomic E-state index is 11.1. The topological polar surface area (TPSA) is 38.3 Å². The van der Waals surface area contributed by atoms with Crippen LogP contribution in [0.25, 0.3) is 0 Å². The molecule has 1 aromatic rings. The third-order valence-corrected chi connectivity index (χ3v) is 3.60. The van der Waals surface area contributed by atoms with Gasteiger partial charge in [-0.15, -0.1) is 11.3 Å². The van der Waals surface area contributed by atoms with Crippen LogP contribution in [0.1, 0.15) is 30.0 Å². The van der Waals surface area contributed by atoms with Gasteiger partial charge in [-0.2, -0.15) is 0 Å². The molecule has 4 heteroatoms. The molecule has 17 heavy (non-hydrogen) atoms. The van der Waals surface area contributed by atoms with Crippen molar-refractivity contribution in [3.63, 3.8) is 0 Å². The second kappa shape index (κ2) is 6.77. The quantitative estimate of drug-likeness (QED) is 0.794. The largest absolute Gasteiger partial charge is 0.469 e. The first-order valence-electron chi connectivity index (χ1n) is 5.89. The van der Waals surface area contributed by atoms with Crippen molar-refractivity contribution in [1.29, 1.82) is 0 Å². The number of carbonyl (C=O) groups excluding carboxylic acids is 1. The summed E-state index contributed by atoms with van der Waals surface area (Å²) in [6.07, 6.45) is 1.42. The van der Waals surface area contributed by atoms with Gasteiger partial charge in [-0.3, -0.25) is 4.79 Å². The third kappa shape index (κ3) is 5.33. The molecule has 0 aromatic carbocycles. The van der Waals surface area contributed by atoms with Gasteiger partial charge in [-0.25, -0.2) is 0 Å². The predicted octanol–water partition coefficient (Wildman–Crippen LogP) is 2.53. The first-order valence-corrected chi connectivity index (χ1v) is 6.71. The lowest BCUT2D eigenvalue weighted by Crippen LogP contribution is -2.37. The number of ether oxygens (including phenoxy) is 1. The molecule has 0 fully saturated rings.